The zero-order valence-corrected chi connectivity index (χ0v) is 9.09. The smallest absolute Gasteiger partial charge is 0.433 e. The van der Waals surface area contributed by atoms with E-state index in [2.05, 4.69) is 5.32 Å². The molecule has 1 aromatic heterocycles. The van der Waals surface area contributed by atoms with Gasteiger partial charge in [0.15, 0.2) is 11.6 Å². The highest BCUT2D eigenvalue weighted by atomic mass is 19.1. The van der Waals surface area contributed by atoms with E-state index in [0.29, 0.717) is 11.4 Å². The molecule has 18 heavy (non-hydrogen) atoms. The lowest BCUT2D eigenvalue weighted by Crippen LogP contribution is -1.98. The Morgan fingerprint density at radius 1 is 1.39 bits per heavy atom. The van der Waals surface area contributed by atoms with E-state index in [1.807, 2.05) is 0 Å². The molecule has 0 spiro atoms. The summed E-state index contributed by atoms with van der Waals surface area (Å²) in [7, 11) is 0. The van der Waals surface area contributed by atoms with Crippen LogP contribution in [0.15, 0.2) is 34.7 Å². The van der Waals surface area contributed by atoms with E-state index in [1.54, 1.807) is 0 Å². The Labute approximate surface area is 101 Å². The molecule has 1 heterocycles. The van der Waals surface area contributed by atoms with Crippen LogP contribution in [0.1, 0.15) is 5.76 Å². The summed E-state index contributed by atoms with van der Waals surface area (Å²) >= 11 is 0. The van der Waals surface area contributed by atoms with Gasteiger partial charge >= 0.3 is 5.88 Å². The topological polar surface area (TPSA) is 88.5 Å². The molecule has 6 nitrogen and oxygen atoms in total. The Hall–Kier alpha value is -2.57. The summed E-state index contributed by atoms with van der Waals surface area (Å²) in [6, 6.07) is 6.51. The highest BCUT2D eigenvalue weighted by molar-refractivity contribution is 5.47. The number of nitro groups is 1. The molecule has 0 unspecified atom stereocenters. The normalized spacial score (nSPS) is 10.3. The fourth-order valence-corrected chi connectivity index (χ4v) is 1.37. The minimum Gasteiger partial charge on any atom is -0.505 e. The van der Waals surface area contributed by atoms with Crippen molar-refractivity contribution in [2.75, 3.05) is 5.32 Å². The second kappa shape index (κ2) is 4.74. The summed E-state index contributed by atoms with van der Waals surface area (Å²) in [6.45, 7) is 0.179. The van der Waals surface area contributed by atoms with Crippen LogP contribution in [0.25, 0.3) is 0 Å². The van der Waals surface area contributed by atoms with Gasteiger partial charge in [0.25, 0.3) is 0 Å². The zero-order valence-electron chi connectivity index (χ0n) is 9.09. The van der Waals surface area contributed by atoms with Crippen molar-refractivity contribution < 1.29 is 18.8 Å². The third-order valence-electron chi connectivity index (χ3n) is 2.24. The highest BCUT2D eigenvalue weighted by Gasteiger charge is 2.11. The van der Waals surface area contributed by atoms with Gasteiger partial charge in [-0.05, 0) is 18.2 Å². The molecule has 94 valence electrons. The maximum Gasteiger partial charge on any atom is 0.433 e. The number of hydrogen-bond donors (Lipinski definition) is 2. The maximum absolute atomic E-state index is 13.0. The Morgan fingerprint density at radius 3 is 2.78 bits per heavy atom. The van der Waals surface area contributed by atoms with Crippen LogP contribution in [0, 0.1) is 15.9 Å². The fraction of sp³-hybridized carbons (Fsp3) is 0.0909. The van der Waals surface area contributed by atoms with Crippen molar-refractivity contribution in [3.63, 3.8) is 0 Å². The number of aromatic hydroxyl groups is 1. The molecule has 0 aliphatic rings. The Bertz CT molecular complexity index is 582. The Balaban J connectivity index is 2.02. The average molecular weight is 252 g/mol. The van der Waals surface area contributed by atoms with Crippen LogP contribution in [-0.2, 0) is 6.54 Å². The largest absolute Gasteiger partial charge is 0.505 e. The van der Waals surface area contributed by atoms with Gasteiger partial charge in [0, 0.05) is 11.8 Å². The minimum atomic E-state index is -0.745. The van der Waals surface area contributed by atoms with Gasteiger partial charge in [-0.1, -0.05) is 0 Å². The van der Waals surface area contributed by atoms with Crippen LogP contribution in [0.5, 0.6) is 5.75 Å². The maximum atomic E-state index is 13.0. The lowest BCUT2D eigenvalue weighted by molar-refractivity contribution is -0.402. The number of rotatable bonds is 4. The predicted octanol–water partition coefficient (Wildman–Crippen LogP) is 2.64. The molecule has 0 saturated heterocycles. The van der Waals surface area contributed by atoms with Crippen molar-refractivity contribution in [1.82, 2.24) is 0 Å². The zero-order chi connectivity index (χ0) is 13.1. The third kappa shape index (κ3) is 2.57. The van der Waals surface area contributed by atoms with Crippen LogP contribution in [0.4, 0.5) is 16.0 Å². The van der Waals surface area contributed by atoms with E-state index in [0.717, 1.165) is 6.07 Å². The van der Waals surface area contributed by atoms with Crippen molar-refractivity contribution in [2.24, 2.45) is 0 Å². The quantitative estimate of drug-likeness (QED) is 0.496. The molecule has 0 radical (unpaired) electrons. The van der Waals surface area contributed by atoms with Crippen LogP contribution in [-0.4, -0.2) is 10.0 Å². The molecule has 0 aliphatic carbocycles. The molecular formula is C11H9FN2O4. The number of hydrogen-bond acceptors (Lipinski definition) is 5. The van der Waals surface area contributed by atoms with Gasteiger partial charge in [-0.2, -0.15) is 0 Å². The van der Waals surface area contributed by atoms with E-state index in [4.69, 9.17) is 9.52 Å². The fourth-order valence-electron chi connectivity index (χ4n) is 1.37. The van der Waals surface area contributed by atoms with Crippen LogP contribution in [0.2, 0.25) is 0 Å². The second-order valence-electron chi connectivity index (χ2n) is 3.52. The lowest BCUT2D eigenvalue weighted by Gasteiger charge is -2.04. The van der Waals surface area contributed by atoms with Gasteiger partial charge in [-0.25, -0.2) is 4.39 Å². The van der Waals surface area contributed by atoms with Crippen molar-refractivity contribution in [3.8, 4) is 5.75 Å². The predicted molar refractivity (Wildman–Crippen MR) is 60.8 cm³/mol. The number of benzene rings is 1. The molecule has 2 rings (SSSR count). The average Bonchev–Trinajstić information content (AvgIpc) is 2.79. The second-order valence-corrected chi connectivity index (χ2v) is 3.52. The Kier molecular flexibility index (Phi) is 3.13. The highest BCUT2D eigenvalue weighted by Crippen LogP contribution is 2.21. The summed E-state index contributed by atoms with van der Waals surface area (Å²) in [4.78, 5) is 9.75. The van der Waals surface area contributed by atoms with Crippen LogP contribution in [0.3, 0.4) is 0 Å². The van der Waals surface area contributed by atoms with E-state index in [1.165, 1.54) is 24.3 Å². The molecule has 0 saturated carbocycles. The summed E-state index contributed by atoms with van der Waals surface area (Å²) in [5, 5.41) is 22.2. The standard InChI is InChI=1S/C11H9FN2O4/c12-9-5-7(1-3-10(9)15)13-6-8-2-4-11(18-8)14(16)17/h1-5,13,15H,6H2. The first-order valence-electron chi connectivity index (χ1n) is 5.02. The molecule has 2 aromatic rings. The number of halogens is 1. The molecule has 0 fully saturated rings. The first-order valence-corrected chi connectivity index (χ1v) is 5.02. The van der Waals surface area contributed by atoms with Gasteiger partial charge < -0.3 is 14.8 Å². The number of phenols is 1. The van der Waals surface area contributed by atoms with E-state index in [9.17, 15) is 14.5 Å². The number of furan rings is 1. The summed E-state index contributed by atoms with van der Waals surface area (Å²) < 4.78 is 17.9. The van der Waals surface area contributed by atoms with Gasteiger partial charge in [-0.3, -0.25) is 10.1 Å². The summed E-state index contributed by atoms with van der Waals surface area (Å²) in [5.74, 6) is -1.17. The molecular weight excluding hydrogens is 243 g/mol. The lowest BCUT2D eigenvalue weighted by atomic mass is 10.3. The van der Waals surface area contributed by atoms with E-state index >= 15 is 0 Å². The first kappa shape index (κ1) is 11.9. The van der Waals surface area contributed by atoms with Gasteiger partial charge in [0.1, 0.15) is 10.7 Å². The van der Waals surface area contributed by atoms with Gasteiger partial charge in [0.2, 0.25) is 0 Å². The van der Waals surface area contributed by atoms with Crippen molar-refractivity contribution in [1.29, 1.82) is 0 Å². The molecule has 0 amide bonds. The van der Waals surface area contributed by atoms with Crippen molar-refractivity contribution in [2.45, 2.75) is 6.54 Å². The molecule has 2 N–H and O–H groups in total. The van der Waals surface area contributed by atoms with E-state index < -0.39 is 16.5 Å². The molecule has 1 aromatic carbocycles. The molecule has 7 heteroatoms. The summed E-state index contributed by atoms with van der Waals surface area (Å²) in [5.41, 5.74) is 0.435. The minimum absolute atomic E-state index is 0.179. The number of nitrogens with zero attached hydrogens (tertiary/aromatic N) is 1. The molecule has 0 aliphatic heterocycles. The van der Waals surface area contributed by atoms with Crippen molar-refractivity contribution in [3.05, 3.63) is 52.0 Å². The van der Waals surface area contributed by atoms with Crippen LogP contribution >= 0.6 is 0 Å². The van der Waals surface area contributed by atoms with Crippen LogP contribution < -0.4 is 5.32 Å². The third-order valence-corrected chi connectivity index (χ3v) is 2.24. The van der Waals surface area contributed by atoms with Crippen molar-refractivity contribution >= 4 is 11.6 Å². The van der Waals surface area contributed by atoms with Gasteiger partial charge in [-0.15, -0.1) is 0 Å². The Morgan fingerprint density at radius 2 is 2.17 bits per heavy atom. The summed E-state index contributed by atoms with van der Waals surface area (Å²) in [6.07, 6.45) is 0. The SMILES string of the molecule is O=[N+]([O-])c1ccc(CNc2ccc(O)c(F)c2)o1. The number of phenolic OH excluding ortho intramolecular Hbond substituents is 1. The monoisotopic (exact) mass is 252 g/mol. The molecule has 0 bridgehead atoms. The van der Waals surface area contributed by atoms with Gasteiger partial charge in [0.05, 0.1) is 12.6 Å². The number of anilines is 1. The first-order chi connectivity index (χ1) is 8.56. The number of nitrogens with one attached hydrogen (secondary N) is 1. The molecule has 0 atom stereocenters. The van der Waals surface area contributed by atoms with E-state index in [-0.39, 0.29) is 12.4 Å².